The van der Waals surface area contributed by atoms with Gasteiger partial charge in [0.15, 0.2) is 0 Å². The first-order chi connectivity index (χ1) is 11.3. The molecule has 2 atom stereocenters. The molecule has 130 valence electrons. The van der Waals surface area contributed by atoms with E-state index >= 15 is 0 Å². The Hall–Kier alpha value is -2.63. The van der Waals surface area contributed by atoms with Gasteiger partial charge in [-0.2, -0.15) is 0 Å². The maximum Gasteiger partial charge on any atom is 0.322 e. The Morgan fingerprint density at radius 2 is 1.83 bits per heavy atom. The van der Waals surface area contributed by atoms with Gasteiger partial charge >= 0.3 is 5.97 Å². The molecule has 6 heteroatoms. The van der Waals surface area contributed by atoms with E-state index in [9.17, 15) is 14.4 Å². The number of benzene rings is 1. The predicted molar refractivity (Wildman–Crippen MR) is 92.6 cm³/mol. The SMILES string of the molecule is C=C(C)C(=O)N(c1ccccc1)C(C(=O)NCC(=O)O)C(C)CC. The Kier molecular flexibility index (Phi) is 7.17. The molecule has 0 heterocycles. The number of carbonyl (C=O) groups is 3. The van der Waals surface area contributed by atoms with Crippen molar-refractivity contribution in [2.45, 2.75) is 33.2 Å². The van der Waals surface area contributed by atoms with E-state index in [0.717, 1.165) is 0 Å². The van der Waals surface area contributed by atoms with Crippen LogP contribution in [0.4, 0.5) is 5.69 Å². The number of hydrogen-bond acceptors (Lipinski definition) is 3. The molecule has 24 heavy (non-hydrogen) atoms. The minimum absolute atomic E-state index is 0.165. The second-order valence-corrected chi connectivity index (χ2v) is 5.73. The van der Waals surface area contributed by atoms with Crippen LogP contribution in [0.15, 0.2) is 42.5 Å². The number of amides is 2. The Balaban J connectivity index is 3.29. The highest BCUT2D eigenvalue weighted by Crippen LogP contribution is 2.24. The van der Waals surface area contributed by atoms with E-state index in [1.54, 1.807) is 31.2 Å². The number of hydrogen-bond donors (Lipinski definition) is 2. The van der Waals surface area contributed by atoms with Gasteiger partial charge in [-0.1, -0.05) is 45.0 Å². The van der Waals surface area contributed by atoms with Crippen LogP contribution < -0.4 is 10.2 Å². The summed E-state index contributed by atoms with van der Waals surface area (Å²) in [5.74, 6) is -2.16. The molecule has 0 saturated heterocycles. The van der Waals surface area contributed by atoms with Gasteiger partial charge in [0.25, 0.3) is 5.91 Å². The number of rotatable bonds is 8. The van der Waals surface area contributed by atoms with Gasteiger partial charge in [-0.25, -0.2) is 0 Å². The molecule has 1 rings (SSSR count). The Bertz CT molecular complexity index is 613. The third-order valence-corrected chi connectivity index (χ3v) is 3.76. The van der Waals surface area contributed by atoms with Crippen LogP contribution in [0.1, 0.15) is 27.2 Å². The summed E-state index contributed by atoms with van der Waals surface area (Å²) < 4.78 is 0. The summed E-state index contributed by atoms with van der Waals surface area (Å²) in [6, 6.07) is 8.02. The number of nitrogens with one attached hydrogen (secondary N) is 1. The third-order valence-electron chi connectivity index (χ3n) is 3.76. The first kappa shape index (κ1) is 19.4. The zero-order chi connectivity index (χ0) is 18.3. The third kappa shape index (κ3) is 4.94. The molecular formula is C18H24N2O4. The van der Waals surface area contributed by atoms with Crippen LogP contribution in [0.5, 0.6) is 0 Å². The highest BCUT2D eigenvalue weighted by molar-refractivity contribution is 6.09. The van der Waals surface area contributed by atoms with Crippen molar-refractivity contribution in [3.8, 4) is 0 Å². The van der Waals surface area contributed by atoms with E-state index in [1.165, 1.54) is 4.90 Å². The second kappa shape index (κ2) is 8.86. The Morgan fingerprint density at radius 3 is 2.29 bits per heavy atom. The molecule has 0 saturated carbocycles. The van der Waals surface area contributed by atoms with Gasteiger partial charge in [0.1, 0.15) is 12.6 Å². The van der Waals surface area contributed by atoms with Gasteiger partial charge in [-0.15, -0.1) is 0 Å². The lowest BCUT2D eigenvalue weighted by Crippen LogP contribution is -2.54. The van der Waals surface area contributed by atoms with E-state index < -0.39 is 24.5 Å². The number of carboxylic acids is 1. The van der Waals surface area contributed by atoms with Crippen molar-refractivity contribution in [3.05, 3.63) is 42.5 Å². The Morgan fingerprint density at radius 1 is 1.25 bits per heavy atom. The molecule has 0 bridgehead atoms. The standard InChI is InChI=1S/C18H24N2O4/c1-5-13(4)16(17(23)19-11-15(21)22)20(18(24)12(2)3)14-9-7-6-8-10-14/h6-10,13,16H,2,5,11H2,1,3-4H3,(H,19,23)(H,21,22). The highest BCUT2D eigenvalue weighted by atomic mass is 16.4. The minimum atomic E-state index is -1.14. The maximum absolute atomic E-state index is 12.7. The lowest BCUT2D eigenvalue weighted by molar-refractivity contribution is -0.138. The number of carboxylic acid groups (broad SMARTS) is 1. The number of anilines is 1. The van der Waals surface area contributed by atoms with Crippen molar-refractivity contribution in [3.63, 3.8) is 0 Å². The van der Waals surface area contributed by atoms with Gasteiger partial charge in [-0.05, 0) is 25.0 Å². The number of aliphatic carboxylic acids is 1. The van der Waals surface area contributed by atoms with E-state index in [0.29, 0.717) is 17.7 Å². The topological polar surface area (TPSA) is 86.7 Å². The summed E-state index contributed by atoms with van der Waals surface area (Å²) in [7, 11) is 0. The minimum Gasteiger partial charge on any atom is -0.480 e. The molecule has 0 aliphatic heterocycles. The number of nitrogens with zero attached hydrogens (tertiary/aromatic N) is 1. The van der Waals surface area contributed by atoms with Gasteiger partial charge in [0.05, 0.1) is 0 Å². The average molecular weight is 332 g/mol. The molecule has 0 spiro atoms. The molecule has 0 radical (unpaired) electrons. The van der Waals surface area contributed by atoms with Crippen LogP contribution in [0.2, 0.25) is 0 Å². The summed E-state index contributed by atoms with van der Waals surface area (Å²) in [6.07, 6.45) is 0.651. The van der Waals surface area contributed by atoms with Crippen molar-refractivity contribution >= 4 is 23.5 Å². The summed E-state index contributed by atoms with van der Waals surface area (Å²) in [5.41, 5.74) is 0.875. The first-order valence-corrected chi connectivity index (χ1v) is 7.83. The number of carbonyl (C=O) groups excluding carboxylic acids is 2. The van der Waals surface area contributed by atoms with Crippen LogP contribution in [-0.2, 0) is 14.4 Å². The normalized spacial score (nSPS) is 12.8. The summed E-state index contributed by atoms with van der Waals surface area (Å²) in [6.45, 7) is 8.55. The van der Waals surface area contributed by atoms with E-state index in [4.69, 9.17) is 5.11 Å². The van der Waals surface area contributed by atoms with Gasteiger partial charge in [0.2, 0.25) is 5.91 Å². The Labute approximate surface area is 142 Å². The predicted octanol–water partition coefficient (Wildman–Crippen LogP) is 2.21. The zero-order valence-corrected chi connectivity index (χ0v) is 14.3. The second-order valence-electron chi connectivity index (χ2n) is 5.73. The van der Waals surface area contributed by atoms with Crippen LogP contribution in [0, 0.1) is 5.92 Å². The summed E-state index contributed by atoms with van der Waals surface area (Å²) >= 11 is 0. The molecule has 0 aliphatic rings. The molecule has 6 nitrogen and oxygen atoms in total. The van der Waals surface area contributed by atoms with Crippen molar-refractivity contribution in [1.82, 2.24) is 5.32 Å². The highest BCUT2D eigenvalue weighted by Gasteiger charge is 2.35. The van der Waals surface area contributed by atoms with Crippen molar-refractivity contribution < 1.29 is 19.5 Å². The monoisotopic (exact) mass is 332 g/mol. The van der Waals surface area contributed by atoms with Crippen molar-refractivity contribution in [1.29, 1.82) is 0 Å². The smallest absolute Gasteiger partial charge is 0.322 e. The van der Waals surface area contributed by atoms with Crippen LogP contribution in [0.25, 0.3) is 0 Å². The van der Waals surface area contributed by atoms with E-state index in [2.05, 4.69) is 11.9 Å². The molecule has 0 aliphatic carbocycles. The quantitative estimate of drug-likeness (QED) is 0.715. The van der Waals surface area contributed by atoms with Gasteiger partial charge < -0.3 is 10.4 Å². The molecule has 0 fully saturated rings. The molecule has 2 unspecified atom stereocenters. The molecule has 2 N–H and O–H groups in total. The lowest BCUT2D eigenvalue weighted by atomic mass is 9.95. The molecular weight excluding hydrogens is 308 g/mol. The molecule has 2 amide bonds. The first-order valence-electron chi connectivity index (χ1n) is 7.83. The van der Waals surface area contributed by atoms with Gasteiger partial charge in [-0.3, -0.25) is 19.3 Å². The zero-order valence-electron chi connectivity index (χ0n) is 14.3. The van der Waals surface area contributed by atoms with E-state index in [1.807, 2.05) is 19.9 Å². The molecule has 1 aromatic carbocycles. The fraction of sp³-hybridized carbons (Fsp3) is 0.389. The maximum atomic E-state index is 12.7. The summed E-state index contributed by atoms with van der Waals surface area (Å²) in [5, 5.41) is 11.2. The van der Waals surface area contributed by atoms with E-state index in [-0.39, 0.29) is 11.8 Å². The lowest BCUT2D eigenvalue weighted by Gasteiger charge is -2.34. The largest absolute Gasteiger partial charge is 0.480 e. The van der Waals surface area contributed by atoms with Crippen LogP contribution >= 0.6 is 0 Å². The van der Waals surface area contributed by atoms with Crippen LogP contribution in [0.3, 0.4) is 0 Å². The summed E-state index contributed by atoms with van der Waals surface area (Å²) in [4.78, 5) is 37.4. The molecule has 0 aromatic heterocycles. The fourth-order valence-electron chi connectivity index (χ4n) is 2.32. The van der Waals surface area contributed by atoms with Gasteiger partial charge in [0, 0.05) is 11.3 Å². The van der Waals surface area contributed by atoms with Crippen molar-refractivity contribution in [2.24, 2.45) is 5.92 Å². The van der Waals surface area contributed by atoms with Crippen LogP contribution in [-0.4, -0.2) is 35.5 Å². The fourth-order valence-corrected chi connectivity index (χ4v) is 2.32. The average Bonchev–Trinajstić information content (AvgIpc) is 2.56. The number of para-hydroxylation sites is 1. The molecule has 1 aromatic rings. The van der Waals surface area contributed by atoms with Crippen molar-refractivity contribution in [2.75, 3.05) is 11.4 Å².